The Hall–Kier alpha value is -1.85. The van der Waals surface area contributed by atoms with E-state index in [4.69, 9.17) is 0 Å². The van der Waals surface area contributed by atoms with E-state index in [1.54, 1.807) is 0 Å². The number of carbonyl (C=O) groups is 1. The molecular formula is C16H23ClN4O. The standard InChI is InChI=1S/C16H22N4O.ClH/c1-4-17-10-11-18-16(21)15-12(2)19-20(13(15)3)14-8-6-5-7-9-14;/h5-9,17H,4,10-11H2,1-3H3,(H,18,21);1H. The second kappa shape index (κ2) is 8.56. The minimum absolute atomic E-state index is 0. The molecule has 1 heterocycles. The van der Waals surface area contributed by atoms with Crippen molar-refractivity contribution in [3.05, 3.63) is 47.3 Å². The van der Waals surface area contributed by atoms with Gasteiger partial charge in [-0.05, 0) is 32.5 Å². The van der Waals surface area contributed by atoms with Gasteiger partial charge in [0.1, 0.15) is 0 Å². The van der Waals surface area contributed by atoms with Crippen molar-refractivity contribution in [1.82, 2.24) is 20.4 Å². The molecular weight excluding hydrogens is 300 g/mol. The van der Waals surface area contributed by atoms with Gasteiger partial charge < -0.3 is 10.6 Å². The lowest BCUT2D eigenvalue weighted by Gasteiger charge is -2.07. The molecule has 0 saturated carbocycles. The van der Waals surface area contributed by atoms with Crippen molar-refractivity contribution in [3.8, 4) is 5.69 Å². The Morgan fingerprint density at radius 1 is 1.18 bits per heavy atom. The minimum Gasteiger partial charge on any atom is -0.351 e. The second-order valence-corrected chi connectivity index (χ2v) is 4.90. The van der Waals surface area contributed by atoms with E-state index in [1.165, 1.54) is 0 Å². The predicted molar refractivity (Wildman–Crippen MR) is 91.2 cm³/mol. The van der Waals surface area contributed by atoms with Crippen LogP contribution in [-0.4, -0.2) is 35.3 Å². The predicted octanol–water partition coefficient (Wildman–Crippen LogP) is 2.25. The molecule has 6 heteroatoms. The highest BCUT2D eigenvalue weighted by atomic mass is 35.5. The minimum atomic E-state index is -0.0647. The molecule has 0 radical (unpaired) electrons. The number of amides is 1. The Labute approximate surface area is 137 Å². The van der Waals surface area contributed by atoms with Gasteiger partial charge in [-0.3, -0.25) is 4.79 Å². The zero-order chi connectivity index (χ0) is 15.2. The van der Waals surface area contributed by atoms with Gasteiger partial charge in [0.25, 0.3) is 5.91 Å². The summed E-state index contributed by atoms with van der Waals surface area (Å²) < 4.78 is 1.81. The molecule has 2 rings (SSSR count). The fraction of sp³-hybridized carbons (Fsp3) is 0.375. The van der Waals surface area contributed by atoms with Crippen molar-refractivity contribution in [3.63, 3.8) is 0 Å². The maximum atomic E-state index is 12.3. The number of aromatic nitrogens is 2. The van der Waals surface area contributed by atoms with Crippen LogP contribution in [0.1, 0.15) is 28.7 Å². The highest BCUT2D eigenvalue weighted by Gasteiger charge is 2.18. The van der Waals surface area contributed by atoms with Crippen LogP contribution in [0, 0.1) is 13.8 Å². The Balaban J connectivity index is 0.00000242. The summed E-state index contributed by atoms with van der Waals surface area (Å²) in [7, 11) is 0. The molecule has 0 spiro atoms. The Morgan fingerprint density at radius 3 is 2.50 bits per heavy atom. The fourth-order valence-electron chi connectivity index (χ4n) is 2.32. The summed E-state index contributed by atoms with van der Waals surface area (Å²) in [5.74, 6) is -0.0647. The van der Waals surface area contributed by atoms with Crippen LogP contribution in [0.25, 0.3) is 5.69 Å². The molecule has 1 aromatic heterocycles. The molecule has 0 bridgehead atoms. The summed E-state index contributed by atoms with van der Waals surface area (Å²) in [6.07, 6.45) is 0. The highest BCUT2D eigenvalue weighted by Crippen LogP contribution is 2.17. The largest absolute Gasteiger partial charge is 0.351 e. The van der Waals surface area contributed by atoms with Crippen LogP contribution in [0.3, 0.4) is 0 Å². The Kier molecular flexibility index (Phi) is 7.08. The van der Waals surface area contributed by atoms with Crippen molar-refractivity contribution in [2.24, 2.45) is 0 Å². The molecule has 1 amide bonds. The maximum Gasteiger partial charge on any atom is 0.255 e. The summed E-state index contributed by atoms with van der Waals surface area (Å²) in [6, 6.07) is 9.84. The number of carbonyl (C=O) groups excluding carboxylic acids is 1. The first-order chi connectivity index (χ1) is 10.1. The Morgan fingerprint density at radius 2 is 1.86 bits per heavy atom. The zero-order valence-electron chi connectivity index (χ0n) is 13.2. The number of hydrogen-bond donors (Lipinski definition) is 2. The van der Waals surface area contributed by atoms with Gasteiger partial charge in [-0.25, -0.2) is 4.68 Å². The molecule has 0 fully saturated rings. The van der Waals surface area contributed by atoms with Crippen LogP contribution < -0.4 is 10.6 Å². The zero-order valence-corrected chi connectivity index (χ0v) is 14.0. The molecule has 0 aliphatic heterocycles. The molecule has 0 saturated heterocycles. The van der Waals surface area contributed by atoms with E-state index in [0.717, 1.165) is 30.2 Å². The van der Waals surface area contributed by atoms with Crippen LogP contribution in [0.2, 0.25) is 0 Å². The SMILES string of the molecule is CCNCCNC(=O)c1c(C)nn(-c2ccccc2)c1C.Cl. The molecule has 22 heavy (non-hydrogen) atoms. The lowest BCUT2D eigenvalue weighted by atomic mass is 10.2. The third-order valence-electron chi connectivity index (χ3n) is 3.36. The molecule has 2 N–H and O–H groups in total. The molecule has 0 atom stereocenters. The van der Waals surface area contributed by atoms with Crippen LogP contribution in [0.4, 0.5) is 0 Å². The molecule has 0 unspecified atom stereocenters. The molecule has 0 aliphatic rings. The maximum absolute atomic E-state index is 12.3. The first kappa shape index (κ1) is 18.2. The lowest BCUT2D eigenvalue weighted by Crippen LogP contribution is -2.32. The Bertz CT molecular complexity index is 610. The molecule has 120 valence electrons. The van der Waals surface area contributed by atoms with Crippen molar-refractivity contribution in [2.45, 2.75) is 20.8 Å². The lowest BCUT2D eigenvalue weighted by molar-refractivity contribution is 0.0952. The number of para-hydroxylation sites is 1. The third kappa shape index (κ3) is 4.08. The topological polar surface area (TPSA) is 58.9 Å². The third-order valence-corrected chi connectivity index (χ3v) is 3.36. The average molecular weight is 323 g/mol. The summed E-state index contributed by atoms with van der Waals surface area (Å²) in [4.78, 5) is 12.3. The fourth-order valence-corrected chi connectivity index (χ4v) is 2.32. The van der Waals surface area contributed by atoms with Gasteiger partial charge in [0.2, 0.25) is 0 Å². The molecule has 1 aromatic carbocycles. The van der Waals surface area contributed by atoms with Crippen LogP contribution in [-0.2, 0) is 0 Å². The van der Waals surface area contributed by atoms with Crippen molar-refractivity contribution in [1.29, 1.82) is 0 Å². The van der Waals surface area contributed by atoms with Crippen molar-refractivity contribution in [2.75, 3.05) is 19.6 Å². The molecule has 0 aliphatic carbocycles. The number of benzene rings is 1. The van der Waals surface area contributed by atoms with Crippen LogP contribution in [0.15, 0.2) is 30.3 Å². The van der Waals surface area contributed by atoms with Crippen LogP contribution in [0.5, 0.6) is 0 Å². The first-order valence-corrected chi connectivity index (χ1v) is 7.25. The number of rotatable bonds is 6. The first-order valence-electron chi connectivity index (χ1n) is 7.25. The second-order valence-electron chi connectivity index (χ2n) is 4.90. The van der Waals surface area contributed by atoms with Crippen LogP contribution >= 0.6 is 12.4 Å². The van der Waals surface area contributed by atoms with E-state index in [-0.39, 0.29) is 18.3 Å². The van der Waals surface area contributed by atoms with E-state index < -0.39 is 0 Å². The normalized spacial score (nSPS) is 10.1. The average Bonchev–Trinajstić information content (AvgIpc) is 2.79. The van der Waals surface area contributed by atoms with Gasteiger partial charge in [-0.2, -0.15) is 5.10 Å². The van der Waals surface area contributed by atoms with E-state index in [2.05, 4.69) is 15.7 Å². The smallest absolute Gasteiger partial charge is 0.255 e. The summed E-state index contributed by atoms with van der Waals surface area (Å²) in [5.41, 5.74) is 3.23. The van der Waals surface area contributed by atoms with Gasteiger partial charge in [-0.15, -0.1) is 12.4 Å². The summed E-state index contributed by atoms with van der Waals surface area (Å²) >= 11 is 0. The van der Waals surface area contributed by atoms with E-state index in [1.807, 2.05) is 55.8 Å². The monoisotopic (exact) mass is 322 g/mol. The van der Waals surface area contributed by atoms with Gasteiger partial charge in [-0.1, -0.05) is 25.1 Å². The number of aryl methyl sites for hydroxylation is 1. The number of nitrogens with one attached hydrogen (secondary N) is 2. The number of likely N-dealkylation sites (N-methyl/N-ethyl adjacent to an activating group) is 1. The molecule has 2 aromatic rings. The van der Waals surface area contributed by atoms with Gasteiger partial charge in [0.15, 0.2) is 0 Å². The van der Waals surface area contributed by atoms with E-state index in [0.29, 0.717) is 12.1 Å². The summed E-state index contributed by atoms with van der Waals surface area (Å²) in [6.45, 7) is 8.12. The molecule has 5 nitrogen and oxygen atoms in total. The summed E-state index contributed by atoms with van der Waals surface area (Å²) in [5, 5.41) is 10.6. The van der Waals surface area contributed by atoms with E-state index >= 15 is 0 Å². The van der Waals surface area contributed by atoms with Gasteiger partial charge in [0, 0.05) is 13.1 Å². The number of hydrogen-bond acceptors (Lipinski definition) is 3. The number of halogens is 1. The van der Waals surface area contributed by atoms with E-state index in [9.17, 15) is 4.79 Å². The van der Waals surface area contributed by atoms with Gasteiger partial charge in [0.05, 0.1) is 22.6 Å². The quantitative estimate of drug-likeness (QED) is 0.802. The van der Waals surface area contributed by atoms with Gasteiger partial charge >= 0.3 is 0 Å². The van der Waals surface area contributed by atoms with Crippen molar-refractivity contribution < 1.29 is 4.79 Å². The van der Waals surface area contributed by atoms with Crippen molar-refractivity contribution >= 4 is 18.3 Å². The highest BCUT2D eigenvalue weighted by molar-refractivity contribution is 5.96. The number of nitrogens with zero attached hydrogens (tertiary/aromatic N) is 2.